The summed E-state index contributed by atoms with van der Waals surface area (Å²) < 4.78 is 12.7. The molecule has 0 aliphatic rings. The molecule has 21 heavy (non-hydrogen) atoms. The number of amides is 2. The van der Waals surface area contributed by atoms with Crippen LogP contribution in [-0.2, 0) is 9.59 Å². The van der Waals surface area contributed by atoms with E-state index in [4.69, 9.17) is 0 Å². The van der Waals surface area contributed by atoms with Gasteiger partial charge in [-0.05, 0) is 29.8 Å². The summed E-state index contributed by atoms with van der Waals surface area (Å²) in [5, 5.41) is 6.05. The zero-order valence-corrected chi connectivity index (χ0v) is 10.9. The second-order valence-corrected chi connectivity index (χ2v) is 4.07. The Labute approximate surface area is 120 Å². The molecule has 0 unspecified atom stereocenters. The summed E-state index contributed by atoms with van der Waals surface area (Å²) in [5.74, 6) is -2.08. The Morgan fingerprint density at radius 3 is 2.29 bits per heavy atom. The Bertz CT molecular complexity index is 654. The molecule has 106 valence electrons. The molecule has 0 fully saturated rings. The Kier molecular flexibility index (Phi) is 4.76. The monoisotopic (exact) mass is 285 g/mol. The van der Waals surface area contributed by atoms with Gasteiger partial charge in [-0.2, -0.15) is 5.10 Å². The summed E-state index contributed by atoms with van der Waals surface area (Å²) in [7, 11) is 0. The summed E-state index contributed by atoms with van der Waals surface area (Å²) >= 11 is 0. The van der Waals surface area contributed by atoms with Gasteiger partial charge in [0.2, 0.25) is 0 Å². The van der Waals surface area contributed by atoms with Gasteiger partial charge >= 0.3 is 11.8 Å². The van der Waals surface area contributed by atoms with Crippen molar-refractivity contribution >= 4 is 23.7 Å². The fourth-order valence-electron chi connectivity index (χ4n) is 1.47. The van der Waals surface area contributed by atoms with Gasteiger partial charge in [0, 0.05) is 5.69 Å². The van der Waals surface area contributed by atoms with Gasteiger partial charge in [-0.25, -0.2) is 9.82 Å². The average molecular weight is 285 g/mol. The van der Waals surface area contributed by atoms with Crippen LogP contribution in [-0.4, -0.2) is 18.0 Å². The molecule has 6 heteroatoms. The van der Waals surface area contributed by atoms with Crippen LogP contribution in [0.1, 0.15) is 5.56 Å². The molecule has 0 saturated carbocycles. The number of hydrogen-bond donors (Lipinski definition) is 2. The molecule has 5 nitrogen and oxygen atoms in total. The molecule has 2 N–H and O–H groups in total. The molecule has 0 bridgehead atoms. The maximum absolute atomic E-state index is 12.7. The van der Waals surface area contributed by atoms with Crippen molar-refractivity contribution < 1.29 is 14.0 Å². The van der Waals surface area contributed by atoms with E-state index >= 15 is 0 Å². The summed E-state index contributed by atoms with van der Waals surface area (Å²) in [4.78, 5) is 23.0. The number of halogens is 1. The quantitative estimate of drug-likeness (QED) is 0.514. The lowest BCUT2D eigenvalue weighted by molar-refractivity contribution is -0.136. The standard InChI is InChI=1S/C15H12FN3O2/c16-12-8-6-11(7-9-12)10-17-19-15(21)14(20)18-13-4-2-1-3-5-13/h1-10H,(H,18,20)(H,19,21)/b17-10+. The molecule has 2 aromatic carbocycles. The Morgan fingerprint density at radius 2 is 1.62 bits per heavy atom. The van der Waals surface area contributed by atoms with Gasteiger partial charge in [-0.15, -0.1) is 0 Å². The maximum atomic E-state index is 12.7. The van der Waals surface area contributed by atoms with E-state index < -0.39 is 11.8 Å². The molecular formula is C15H12FN3O2. The molecular weight excluding hydrogens is 273 g/mol. The smallest absolute Gasteiger partial charge is 0.318 e. The maximum Gasteiger partial charge on any atom is 0.329 e. The third kappa shape index (κ3) is 4.54. The number of carbonyl (C=O) groups excluding carboxylic acids is 2. The molecule has 0 heterocycles. The minimum atomic E-state index is -0.891. The minimum absolute atomic E-state index is 0.363. The van der Waals surface area contributed by atoms with Gasteiger partial charge in [0.1, 0.15) is 5.82 Å². The Hall–Kier alpha value is -3.02. The third-order valence-corrected chi connectivity index (χ3v) is 2.49. The van der Waals surface area contributed by atoms with E-state index in [1.807, 2.05) is 0 Å². The lowest BCUT2D eigenvalue weighted by atomic mass is 10.2. The first-order chi connectivity index (χ1) is 10.1. The highest BCUT2D eigenvalue weighted by Crippen LogP contribution is 2.04. The van der Waals surface area contributed by atoms with E-state index in [1.165, 1.54) is 30.5 Å². The summed E-state index contributed by atoms with van der Waals surface area (Å²) in [6.45, 7) is 0. The molecule has 0 atom stereocenters. The van der Waals surface area contributed by atoms with Crippen molar-refractivity contribution in [3.05, 3.63) is 66.0 Å². The number of benzene rings is 2. The number of nitrogens with zero attached hydrogens (tertiary/aromatic N) is 1. The van der Waals surface area contributed by atoms with Crippen LogP contribution in [0.5, 0.6) is 0 Å². The van der Waals surface area contributed by atoms with Crippen LogP contribution in [0.15, 0.2) is 59.7 Å². The molecule has 0 radical (unpaired) electrons. The first kappa shape index (κ1) is 14.4. The summed E-state index contributed by atoms with van der Waals surface area (Å²) in [6.07, 6.45) is 1.31. The lowest BCUT2D eigenvalue weighted by Crippen LogP contribution is -2.32. The normalized spacial score (nSPS) is 10.3. The van der Waals surface area contributed by atoms with E-state index in [0.29, 0.717) is 11.3 Å². The highest BCUT2D eigenvalue weighted by Gasteiger charge is 2.12. The number of nitrogens with one attached hydrogen (secondary N) is 2. The van der Waals surface area contributed by atoms with Crippen molar-refractivity contribution in [2.24, 2.45) is 5.10 Å². The van der Waals surface area contributed by atoms with Gasteiger partial charge < -0.3 is 5.32 Å². The molecule has 0 aromatic heterocycles. The van der Waals surface area contributed by atoms with Gasteiger partial charge in [0.05, 0.1) is 6.21 Å². The minimum Gasteiger partial charge on any atom is -0.318 e. The first-order valence-corrected chi connectivity index (χ1v) is 6.10. The van der Waals surface area contributed by atoms with E-state index in [9.17, 15) is 14.0 Å². The highest BCUT2D eigenvalue weighted by atomic mass is 19.1. The van der Waals surface area contributed by atoms with Crippen molar-refractivity contribution in [1.29, 1.82) is 0 Å². The van der Waals surface area contributed by atoms with Gasteiger partial charge in [-0.3, -0.25) is 9.59 Å². The molecule has 2 rings (SSSR count). The predicted molar refractivity (Wildman–Crippen MR) is 77.2 cm³/mol. The number of carbonyl (C=O) groups is 2. The largest absolute Gasteiger partial charge is 0.329 e. The fraction of sp³-hybridized carbons (Fsp3) is 0. The van der Waals surface area contributed by atoms with Gasteiger partial charge in [0.25, 0.3) is 0 Å². The van der Waals surface area contributed by atoms with Crippen molar-refractivity contribution in [2.45, 2.75) is 0 Å². The van der Waals surface area contributed by atoms with Crippen LogP contribution in [0.2, 0.25) is 0 Å². The second kappa shape index (κ2) is 6.95. The van der Waals surface area contributed by atoms with Gasteiger partial charge in [0.15, 0.2) is 0 Å². The highest BCUT2D eigenvalue weighted by molar-refractivity contribution is 6.39. The molecule has 2 aromatic rings. The Morgan fingerprint density at radius 1 is 0.952 bits per heavy atom. The molecule has 0 aliphatic carbocycles. The predicted octanol–water partition coefficient (Wildman–Crippen LogP) is 1.91. The van der Waals surface area contributed by atoms with Crippen LogP contribution in [0, 0.1) is 5.82 Å². The zero-order chi connectivity index (χ0) is 15.1. The van der Waals surface area contributed by atoms with Crippen molar-refractivity contribution in [1.82, 2.24) is 5.43 Å². The molecule has 0 spiro atoms. The summed E-state index contributed by atoms with van der Waals surface area (Å²) in [5.41, 5.74) is 3.20. The second-order valence-electron chi connectivity index (χ2n) is 4.07. The number of anilines is 1. The van der Waals surface area contributed by atoms with Crippen molar-refractivity contribution in [3.8, 4) is 0 Å². The van der Waals surface area contributed by atoms with E-state index in [2.05, 4.69) is 15.8 Å². The number of hydrogen-bond acceptors (Lipinski definition) is 3. The van der Waals surface area contributed by atoms with Crippen LogP contribution in [0.25, 0.3) is 0 Å². The van der Waals surface area contributed by atoms with E-state index in [-0.39, 0.29) is 5.82 Å². The van der Waals surface area contributed by atoms with Crippen LogP contribution < -0.4 is 10.7 Å². The molecule has 2 amide bonds. The van der Waals surface area contributed by atoms with Gasteiger partial charge in [-0.1, -0.05) is 30.3 Å². The average Bonchev–Trinajstić information content (AvgIpc) is 2.50. The first-order valence-electron chi connectivity index (χ1n) is 6.10. The number of para-hydroxylation sites is 1. The third-order valence-electron chi connectivity index (χ3n) is 2.49. The molecule has 0 saturated heterocycles. The van der Waals surface area contributed by atoms with E-state index in [0.717, 1.165) is 0 Å². The summed E-state index contributed by atoms with van der Waals surface area (Å²) in [6, 6.07) is 14.1. The fourth-order valence-corrected chi connectivity index (χ4v) is 1.47. The number of rotatable bonds is 3. The SMILES string of the molecule is O=C(N/N=C/c1ccc(F)cc1)C(=O)Nc1ccccc1. The van der Waals surface area contributed by atoms with Crippen LogP contribution >= 0.6 is 0 Å². The number of hydrazone groups is 1. The molecule has 0 aliphatic heterocycles. The Balaban J connectivity index is 1.86. The zero-order valence-electron chi connectivity index (χ0n) is 10.9. The topological polar surface area (TPSA) is 70.6 Å². The van der Waals surface area contributed by atoms with Crippen LogP contribution in [0.4, 0.5) is 10.1 Å². The lowest BCUT2D eigenvalue weighted by Gasteiger charge is -2.02. The van der Waals surface area contributed by atoms with Crippen LogP contribution in [0.3, 0.4) is 0 Å². The van der Waals surface area contributed by atoms with Crippen molar-refractivity contribution in [2.75, 3.05) is 5.32 Å². The van der Waals surface area contributed by atoms with Crippen molar-refractivity contribution in [3.63, 3.8) is 0 Å². The van der Waals surface area contributed by atoms with E-state index in [1.54, 1.807) is 30.3 Å².